The number of carbonyl (C=O) groups is 2. The molecule has 0 saturated carbocycles. The van der Waals surface area contributed by atoms with E-state index in [-0.39, 0.29) is 17.9 Å². The summed E-state index contributed by atoms with van der Waals surface area (Å²) in [6.07, 6.45) is 7.59. The van der Waals surface area contributed by atoms with Gasteiger partial charge >= 0.3 is 5.97 Å². The van der Waals surface area contributed by atoms with Crippen LogP contribution in [0.5, 0.6) is 0 Å². The van der Waals surface area contributed by atoms with E-state index in [1.165, 1.54) is 7.11 Å². The summed E-state index contributed by atoms with van der Waals surface area (Å²) < 4.78 is 4.60. The number of methoxy groups -OCH3 is 1. The number of aliphatic hydroxyl groups is 1. The van der Waals surface area contributed by atoms with Crippen LogP contribution in [-0.4, -0.2) is 47.7 Å². The number of likely N-dealkylation sites (tertiary alicyclic amines) is 1. The molecule has 2 atom stereocenters. The number of hydrogen-bond donors (Lipinski definition) is 1. The van der Waals surface area contributed by atoms with E-state index in [0.717, 1.165) is 18.4 Å². The van der Waals surface area contributed by atoms with E-state index in [4.69, 9.17) is 0 Å². The number of benzene rings is 1. The van der Waals surface area contributed by atoms with Gasteiger partial charge in [0.15, 0.2) is 0 Å². The van der Waals surface area contributed by atoms with Crippen LogP contribution >= 0.6 is 0 Å². The van der Waals surface area contributed by atoms with Crippen LogP contribution in [0.4, 0.5) is 0 Å². The van der Waals surface area contributed by atoms with Gasteiger partial charge in [-0.2, -0.15) is 0 Å². The fraction of sp³-hybridized carbons (Fsp3) is 0.478. The van der Waals surface area contributed by atoms with Crippen molar-refractivity contribution >= 4 is 11.9 Å². The van der Waals surface area contributed by atoms with Crippen LogP contribution in [-0.2, 0) is 20.7 Å². The molecule has 1 aromatic rings. The third-order valence-corrected chi connectivity index (χ3v) is 4.74. The molecule has 1 unspecified atom stereocenters. The zero-order valence-electron chi connectivity index (χ0n) is 16.5. The second-order valence-electron chi connectivity index (χ2n) is 6.91. The number of aliphatic hydroxyl groups excluding tert-OH is 1. The van der Waals surface area contributed by atoms with Crippen LogP contribution < -0.4 is 0 Å². The molecule has 1 fully saturated rings. The van der Waals surface area contributed by atoms with E-state index in [2.05, 4.69) is 16.6 Å². The fourth-order valence-corrected chi connectivity index (χ4v) is 3.19. The van der Waals surface area contributed by atoms with Crippen LogP contribution in [0.25, 0.3) is 0 Å². The Bertz CT molecular complexity index is 717. The Hall–Kier alpha value is -2.58. The zero-order chi connectivity index (χ0) is 20.2. The second-order valence-corrected chi connectivity index (χ2v) is 6.91. The Kier molecular flexibility index (Phi) is 9.30. The summed E-state index contributed by atoms with van der Waals surface area (Å²) >= 11 is 0. The largest absolute Gasteiger partial charge is 0.469 e. The van der Waals surface area contributed by atoms with Crippen LogP contribution in [0.2, 0.25) is 0 Å². The lowest BCUT2D eigenvalue weighted by Gasteiger charge is -2.32. The molecule has 5 heteroatoms. The quantitative estimate of drug-likeness (QED) is 0.324. The molecular weight excluding hydrogens is 354 g/mol. The smallest absolute Gasteiger partial charge is 0.305 e. The van der Waals surface area contributed by atoms with Gasteiger partial charge in [-0.15, -0.1) is 5.92 Å². The molecule has 5 nitrogen and oxygen atoms in total. The molecule has 1 N–H and O–H groups in total. The normalized spacial score (nSPS) is 17.9. The number of carbonyl (C=O) groups excluding carboxylic acids is 2. The van der Waals surface area contributed by atoms with Gasteiger partial charge in [-0.05, 0) is 24.8 Å². The summed E-state index contributed by atoms with van der Waals surface area (Å²) in [6.45, 7) is 0.376. The van der Waals surface area contributed by atoms with E-state index >= 15 is 0 Å². The van der Waals surface area contributed by atoms with Gasteiger partial charge in [-0.3, -0.25) is 9.59 Å². The Morgan fingerprint density at radius 2 is 2.14 bits per heavy atom. The van der Waals surface area contributed by atoms with Crippen molar-refractivity contribution in [3.63, 3.8) is 0 Å². The van der Waals surface area contributed by atoms with Gasteiger partial charge in [0, 0.05) is 25.7 Å². The molecular formula is C23H29NO4. The number of esters is 1. The van der Waals surface area contributed by atoms with Crippen LogP contribution in [0.15, 0.2) is 42.5 Å². The summed E-state index contributed by atoms with van der Waals surface area (Å²) in [5.74, 6) is 5.94. The van der Waals surface area contributed by atoms with Gasteiger partial charge < -0.3 is 14.7 Å². The molecule has 1 aliphatic rings. The van der Waals surface area contributed by atoms with Crippen molar-refractivity contribution in [2.45, 2.75) is 57.1 Å². The van der Waals surface area contributed by atoms with Crippen molar-refractivity contribution in [1.82, 2.24) is 4.90 Å². The maximum atomic E-state index is 12.3. The van der Waals surface area contributed by atoms with Gasteiger partial charge in [0.25, 0.3) is 0 Å². The first-order chi connectivity index (χ1) is 13.6. The summed E-state index contributed by atoms with van der Waals surface area (Å²) in [5, 5.41) is 10.3. The molecule has 0 aromatic heterocycles. The number of rotatable bonds is 8. The molecule has 0 spiro atoms. The maximum Gasteiger partial charge on any atom is 0.305 e. The predicted molar refractivity (Wildman–Crippen MR) is 108 cm³/mol. The lowest BCUT2D eigenvalue weighted by Crippen LogP contribution is -2.42. The first-order valence-corrected chi connectivity index (χ1v) is 9.82. The van der Waals surface area contributed by atoms with Crippen molar-refractivity contribution in [3.05, 3.63) is 48.0 Å². The number of hydrogen-bond acceptors (Lipinski definition) is 4. The number of ether oxygens (including phenoxy) is 1. The Balaban J connectivity index is 1.85. The molecule has 1 amide bonds. The van der Waals surface area contributed by atoms with Crippen LogP contribution in [0.3, 0.4) is 0 Å². The zero-order valence-corrected chi connectivity index (χ0v) is 16.5. The molecule has 0 aliphatic carbocycles. The Morgan fingerprint density at radius 3 is 2.89 bits per heavy atom. The number of unbranched alkanes of at least 4 members (excludes halogenated alkanes) is 1. The van der Waals surface area contributed by atoms with Crippen molar-refractivity contribution < 1.29 is 19.4 Å². The molecule has 1 aliphatic heterocycles. The van der Waals surface area contributed by atoms with E-state index in [1.807, 2.05) is 36.4 Å². The summed E-state index contributed by atoms with van der Waals surface area (Å²) in [7, 11) is 1.38. The molecule has 1 aromatic carbocycles. The third kappa shape index (κ3) is 7.58. The summed E-state index contributed by atoms with van der Waals surface area (Å²) in [5.41, 5.74) is 1.08. The molecule has 1 saturated heterocycles. The van der Waals surface area contributed by atoms with Crippen molar-refractivity contribution in [2.24, 2.45) is 0 Å². The van der Waals surface area contributed by atoms with Gasteiger partial charge in [0.05, 0.1) is 25.8 Å². The standard InChI is InChI=1S/C23H29NO4/c1-28-23(27)14-7-2-3-8-17-24-20(12-9-13-22(24)26)15-16-21(25)18-19-10-5-4-6-11-19/h4-6,10-11,15-16,20-21,25H,2,7,9,12-14,17-18H2,1H3/t20-,21?/m1/s1. The van der Waals surface area contributed by atoms with Gasteiger partial charge in [0.2, 0.25) is 5.91 Å². The van der Waals surface area contributed by atoms with E-state index in [1.54, 1.807) is 11.0 Å². The lowest BCUT2D eigenvalue weighted by molar-refractivity contribution is -0.140. The molecule has 2 rings (SSSR count). The highest BCUT2D eigenvalue weighted by Gasteiger charge is 2.25. The van der Waals surface area contributed by atoms with Gasteiger partial charge in [-0.1, -0.05) is 48.4 Å². The first-order valence-electron chi connectivity index (χ1n) is 9.82. The van der Waals surface area contributed by atoms with Crippen molar-refractivity contribution in [1.29, 1.82) is 0 Å². The van der Waals surface area contributed by atoms with Crippen LogP contribution in [0.1, 0.15) is 44.1 Å². The van der Waals surface area contributed by atoms with E-state index in [9.17, 15) is 14.7 Å². The fourth-order valence-electron chi connectivity index (χ4n) is 3.19. The molecule has 1 heterocycles. The minimum absolute atomic E-state index is 0.0314. The molecule has 28 heavy (non-hydrogen) atoms. The second kappa shape index (κ2) is 12.0. The van der Waals surface area contributed by atoms with Crippen molar-refractivity contribution in [3.8, 4) is 11.8 Å². The summed E-state index contributed by atoms with van der Waals surface area (Å²) in [6, 6.07) is 9.81. The lowest BCUT2D eigenvalue weighted by atomic mass is 9.99. The predicted octanol–water partition coefficient (Wildman–Crippen LogP) is 2.87. The average Bonchev–Trinajstić information content (AvgIpc) is 2.70. The number of nitrogens with zero attached hydrogens (tertiary/aromatic N) is 1. The summed E-state index contributed by atoms with van der Waals surface area (Å²) in [4.78, 5) is 25.1. The van der Waals surface area contributed by atoms with E-state index < -0.39 is 6.10 Å². The van der Waals surface area contributed by atoms with Gasteiger partial charge in [0.1, 0.15) is 0 Å². The average molecular weight is 383 g/mol. The Morgan fingerprint density at radius 1 is 1.36 bits per heavy atom. The number of amides is 1. The third-order valence-electron chi connectivity index (χ3n) is 4.74. The Labute approximate surface area is 167 Å². The van der Waals surface area contributed by atoms with E-state index in [0.29, 0.717) is 38.6 Å². The highest BCUT2D eigenvalue weighted by molar-refractivity contribution is 5.78. The molecule has 0 radical (unpaired) electrons. The monoisotopic (exact) mass is 383 g/mol. The van der Waals surface area contributed by atoms with Crippen LogP contribution in [0, 0.1) is 11.8 Å². The SMILES string of the molecule is COC(=O)CCCC#CCN1C(=O)CCC[C@@H]1C=CC(O)Cc1ccccc1. The van der Waals surface area contributed by atoms with Crippen molar-refractivity contribution in [2.75, 3.05) is 13.7 Å². The first kappa shape index (κ1) is 21.7. The minimum Gasteiger partial charge on any atom is -0.469 e. The molecule has 0 bridgehead atoms. The highest BCUT2D eigenvalue weighted by atomic mass is 16.5. The maximum absolute atomic E-state index is 12.3. The molecule has 150 valence electrons. The number of piperidine rings is 1. The minimum atomic E-state index is -0.578. The topological polar surface area (TPSA) is 66.8 Å². The van der Waals surface area contributed by atoms with Gasteiger partial charge in [-0.25, -0.2) is 0 Å². The highest BCUT2D eigenvalue weighted by Crippen LogP contribution is 2.19.